The maximum absolute atomic E-state index is 9.83. The van der Waals surface area contributed by atoms with Gasteiger partial charge in [-0.1, -0.05) is 36.4 Å². The third-order valence-electron chi connectivity index (χ3n) is 4.82. The third kappa shape index (κ3) is 3.15. The maximum Gasteiger partial charge on any atom is 0.244 e. The van der Waals surface area contributed by atoms with E-state index >= 15 is 0 Å². The molecule has 2 heterocycles. The zero-order valence-corrected chi connectivity index (χ0v) is 16.1. The van der Waals surface area contributed by atoms with E-state index in [9.17, 15) is 5.26 Å². The highest BCUT2D eigenvalue weighted by Crippen LogP contribution is 2.46. The van der Waals surface area contributed by atoms with Crippen molar-refractivity contribution < 1.29 is 14.2 Å². The molecule has 4 rings (SSSR count). The van der Waals surface area contributed by atoms with Crippen LogP contribution >= 0.6 is 0 Å². The van der Waals surface area contributed by atoms with Crippen molar-refractivity contribution in [2.45, 2.75) is 12.8 Å². The quantitative estimate of drug-likeness (QED) is 0.690. The Bertz CT molecular complexity index is 1110. The highest BCUT2D eigenvalue weighted by atomic mass is 16.5. The molecule has 0 saturated carbocycles. The first-order chi connectivity index (χ1) is 14.2. The van der Waals surface area contributed by atoms with Crippen molar-refractivity contribution in [3.63, 3.8) is 0 Å². The summed E-state index contributed by atoms with van der Waals surface area (Å²) < 4.78 is 16.8. The lowest BCUT2D eigenvalue weighted by Crippen LogP contribution is -2.21. The van der Waals surface area contributed by atoms with Gasteiger partial charge in [0.2, 0.25) is 11.8 Å². The van der Waals surface area contributed by atoms with Crippen LogP contribution in [0.25, 0.3) is 11.3 Å². The second-order valence-corrected chi connectivity index (χ2v) is 6.45. The number of ether oxygens (including phenoxy) is 3. The third-order valence-corrected chi connectivity index (χ3v) is 4.82. The topological polar surface area (TPSA) is 106 Å². The van der Waals surface area contributed by atoms with Crippen LogP contribution in [-0.2, 0) is 0 Å². The van der Waals surface area contributed by atoms with Crippen LogP contribution in [0.3, 0.4) is 0 Å². The largest absolute Gasteiger partial charge is 0.493 e. The number of nitrogens with two attached hydrogens (primary N) is 1. The summed E-state index contributed by atoms with van der Waals surface area (Å²) in [5, 5.41) is 17.2. The van der Waals surface area contributed by atoms with Crippen molar-refractivity contribution in [3.8, 4) is 34.7 Å². The predicted octanol–water partition coefficient (Wildman–Crippen LogP) is 3.70. The van der Waals surface area contributed by atoms with Gasteiger partial charge in [-0.2, -0.15) is 5.26 Å². The van der Waals surface area contributed by atoms with Crippen molar-refractivity contribution in [1.29, 1.82) is 5.26 Å². The molecule has 1 aromatic heterocycles. The lowest BCUT2D eigenvalue weighted by atomic mass is 9.83. The zero-order chi connectivity index (χ0) is 20.4. The molecule has 1 unspecified atom stereocenters. The smallest absolute Gasteiger partial charge is 0.244 e. The van der Waals surface area contributed by atoms with E-state index in [1.54, 1.807) is 7.11 Å². The number of hydrogen-bond acceptors (Lipinski definition) is 6. The van der Waals surface area contributed by atoms with Crippen LogP contribution in [0.15, 0.2) is 60.0 Å². The number of aromatic nitrogens is 2. The van der Waals surface area contributed by atoms with Gasteiger partial charge in [-0.15, -0.1) is 5.10 Å². The molecule has 29 heavy (non-hydrogen) atoms. The molecule has 0 saturated heterocycles. The molecule has 1 aliphatic rings. The van der Waals surface area contributed by atoms with Crippen LogP contribution < -0.4 is 19.9 Å². The summed E-state index contributed by atoms with van der Waals surface area (Å²) in [7, 11) is 1.58. The van der Waals surface area contributed by atoms with Crippen molar-refractivity contribution >= 4 is 0 Å². The summed E-state index contributed by atoms with van der Waals surface area (Å²) in [6.45, 7) is 2.43. The van der Waals surface area contributed by atoms with Gasteiger partial charge >= 0.3 is 0 Å². The molecule has 146 valence electrons. The summed E-state index contributed by atoms with van der Waals surface area (Å²) in [5.74, 6) is 1.17. The van der Waals surface area contributed by atoms with Crippen molar-refractivity contribution in [3.05, 3.63) is 71.1 Å². The van der Waals surface area contributed by atoms with Gasteiger partial charge in [-0.25, -0.2) is 0 Å². The molecular weight excluding hydrogens is 368 g/mol. The zero-order valence-electron chi connectivity index (χ0n) is 16.1. The minimum absolute atomic E-state index is 0.0453. The summed E-state index contributed by atoms with van der Waals surface area (Å²) in [6.07, 6.45) is 0. The molecule has 7 heteroatoms. The van der Waals surface area contributed by atoms with E-state index in [-0.39, 0.29) is 5.88 Å². The van der Waals surface area contributed by atoms with Gasteiger partial charge in [-0.3, -0.25) is 5.10 Å². The van der Waals surface area contributed by atoms with Crippen LogP contribution in [0, 0.1) is 11.3 Å². The number of hydrogen-bond donors (Lipinski definition) is 2. The fourth-order valence-electron chi connectivity index (χ4n) is 3.54. The highest BCUT2D eigenvalue weighted by molar-refractivity contribution is 5.71. The Morgan fingerprint density at radius 1 is 1.21 bits per heavy atom. The number of fused-ring (bicyclic) bond motifs is 1. The van der Waals surface area contributed by atoms with Gasteiger partial charge in [-0.05, 0) is 30.2 Å². The van der Waals surface area contributed by atoms with Crippen LogP contribution in [-0.4, -0.2) is 23.9 Å². The molecule has 0 fully saturated rings. The standard InChI is InChI=1S/C22H20N4O3/c1-3-28-16-10-9-14(11-17(16)27-2)18-15(12-23)21(24)29-22-19(18)20(25-26-22)13-7-5-4-6-8-13/h4-11,18H,3,24H2,1-2H3,(H,25,26). The monoisotopic (exact) mass is 388 g/mol. The summed E-state index contributed by atoms with van der Waals surface area (Å²) in [6, 6.07) is 17.6. The number of methoxy groups -OCH3 is 1. The Morgan fingerprint density at radius 3 is 2.69 bits per heavy atom. The second-order valence-electron chi connectivity index (χ2n) is 6.45. The molecule has 3 aromatic rings. The maximum atomic E-state index is 9.83. The minimum atomic E-state index is -0.456. The fourth-order valence-corrected chi connectivity index (χ4v) is 3.54. The van der Waals surface area contributed by atoms with E-state index in [1.807, 2.05) is 55.5 Å². The fraction of sp³-hybridized carbons (Fsp3) is 0.182. The Balaban J connectivity index is 1.91. The lowest BCUT2D eigenvalue weighted by Gasteiger charge is -2.24. The molecular formula is C22H20N4O3. The van der Waals surface area contributed by atoms with Crippen LogP contribution in [0.4, 0.5) is 0 Å². The van der Waals surface area contributed by atoms with Gasteiger partial charge in [0.15, 0.2) is 11.5 Å². The first-order valence-electron chi connectivity index (χ1n) is 9.19. The number of nitrogens with zero attached hydrogens (tertiary/aromatic N) is 2. The first kappa shape index (κ1) is 18.4. The molecule has 3 N–H and O–H groups in total. The Hall–Kier alpha value is -3.92. The molecule has 1 aliphatic heterocycles. The number of benzene rings is 2. The van der Waals surface area contributed by atoms with Gasteiger partial charge in [0.1, 0.15) is 11.6 Å². The molecule has 0 bridgehead atoms. The number of nitriles is 1. The van der Waals surface area contributed by atoms with Gasteiger partial charge in [0.05, 0.1) is 30.9 Å². The van der Waals surface area contributed by atoms with E-state index in [4.69, 9.17) is 19.9 Å². The summed E-state index contributed by atoms with van der Waals surface area (Å²) in [5.41, 5.74) is 9.67. The van der Waals surface area contributed by atoms with Crippen LogP contribution in [0.2, 0.25) is 0 Å². The molecule has 7 nitrogen and oxygen atoms in total. The molecule has 0 aliphatic carbocycles. The van der Waals surface area contributed by atoms with Gasteiger partial charge in [0, 0.05) is 0 Å². The highest BCUT2D eigenvalue weighted by Gasteiger charge is 2.36. The Labute approximate surface area is 168 Å². The molecule has 2 aromatic carbocycles. The summed E-state index contributed by atoms with van der Waals surface area (Å²) in [4.78, 5) is 0. The Morgan fingerprint density at radius 2 is 2.00 bits per heavy atom. The van der Waals surface area contributed by atoms with Crippen molar-refractivity contribution in [2.24, 2.45) is 5.73 Å². The number of rotatable bonds is 5. The van der Waals surface area contributed by atoms with Crippen molar-refractivity contribution in [1.82, 2.24) is 10.2 Å². The molecule has 0 amide bonds. The van der Waals surface area contributed by atoms with Crippen LogP contribution in [0.1, 0.15) is 24.0 Å². The van der Waals surface area contributed by atoms with E-state index in [0.29, 0.717) is 29.6 Å². The lowest BCUT2D eigenvalue weighted by molar-refractivity contribution is 0.310. The first-order valence-corrected chi connectivity index (χ1v) is 9.19. The molecule has 0 radical (unpaired) electrons. The predicted molar refractivity (Wildman–Crippen MR) is 107 cm³/mol. The van der Waals surface area contributed by atoms with Gasteiger partial charge in [0.25, 0.3) is 0 Å². The van der Waals surface area contributed by atoms with E-state index in [1.165, 1.54) is 0 Å². The number of nitrogens with one attached hydrogen (secondary N) is 1. The summed E-state index contributed by atoms with van der Waals surface area (Å²) >= 11 is 0. The number of H-pyrrole nitrogens is 1. The van der Waals surface area contributed by atoms with Crippen molar-refractivity contribution in [2.75, 3.05) is 13.7 Å². The van der Waals surface area contributed by atoms with E-state index in [2.05, 4.69) is 16.3 Å². The minimum Gasteiger partial charge on any atom is -0.493 e. The van der Waals surface area contributed by atoms with Gasteiger partial charge < -0.3 is 19.9 Å². The van der Waals surface area contributed by atoms with E-state index < -0.39 is 5.92 Å². The second kappa shape index (κ2) is 7.60. The molecule has 1 atom stereocenters. The molecule has 0 spiro atoms. The average molecular weight is 388 g/mol. The van der Waals surface area contributed by atoms with E-state index in [0.717, 1.165) is 22.4 Å². The SMILES string of the molecule is CCOc1ccc(C2C(C#N)=C(N)Oc3n[nH]c(-c4ccccc4)c32)cc1OC. The average Bonchev–Trinajstić information content (AvgIpc) is 3.17. The normalized spacial score (nSPS) is 15.3. The number of allylic oxidation sites excluding steroid dienone is 1. The Kier molecular flexibility index (Phi) is 4.83. The van der Waals surface area contributed by atoms with Crippen LogP contribution in [0.5, 0.6) is 17.4 Å². The number of aromatic amines is 1.